The summed E-state index contributed by atoms with van der Waals surface area (Å²) in [7, 11) is 0. The Morgan fingerprint density at radius 1 is 1.73 bits per heavy atom. The molecule has 0 aromatic carbocycles. The molecule has 0 aliphatic heterocycles. The minimum absolute atomic E-state index is 0.429. The van der Waals surface area contributed by atoms with Crippen LogP contribution in [0.4, 0.5) is 5.82 Å². The molecule has 1 aromatic rings. The van der Waals surface area contributed by atoms with Gasteiger partial charge in [0.15, 0.2) is 5.82 Å². The predicted molar refractivity (Wildman–Crippen MR) is 49.5 cm³/mol. The first-order valence-corrected chi connectivity index (χ1v) is 4.11. The maximum Gasteiger partial charge on any atom is 0.156 e. The van der Waals surface area contributed by atoms with Crippen LogP contribution in [0.1, 0.15) is 5.56 Å². The number of rotatable bonds is 1. The third kappa shape index (κ3) is 1.83. The van der Waals surface area contributed by atoms with E-state index in [-0.39, 0.29) is 0 Å². The molecule has 0 radical (unpaired) electrons. The monoisotopic (exact) mass is 235 g/mol. The Morgan fingerprint density at radius 2 is 2.36 bits per heavy atom. The average molecular weight is 236 g/mol. The number of halogens is 2. The number of pyridine rings is 1. The summed E-state index contributed by atoms with van der Waals surface area (Å²) in [6, 6.07) is 1.76. The lowest BCUT2D eigenvalue weighted by Gasteiger charge is -2.04. The fourth-order valence-electron chi connectivity index (χ4n) is 0.713. The molecule has 0 bridgehead atoms. The molecule has 1 aromatic heterocycles. The van der Waals surface area contributed by atoms with E-state index >= 15 is 0 Å². The SMILES string of the molecule is Cc1cc(Cl)nc(NN)c1Br. The predicted octanol–water partition coefficient (Wildman–Crippen LogP) is 2.09. The summed E-state index contributed by atoms with van der Waals surface area (Å²) in [5.74, 6) is 5.74. The molecule has 60 valence electrons. The normalized spacial score (nSPS) is 9.82. The van der Waals surface area contributed by atoms with Crippen LogP contribution in [-0.2, 0) is 0 Å². The first-order valence-electron chi connectivity index (χ1n) is 2.94. The molecule has 0 amide bonds. The van der Waals surface area contributed by atoms with E-state index in [0.717, 1.165) is 10.0 Å². The Labute approximate surface area is 78.0 Å². The number of hydrazine groups is 1. The molecule has 1 heterocycles. The van der Waals surface area contributed by atoms with Crippen molar-refractivity contribution in [2.75, 3.05) is 5.43 Å². The second-order valence-corrected chi connectivity index (χ2v) is 3.25. The Bertz CT molecular complexity index is 277. The van der Waals surface area contributed by atoms with E-state index < -0.39 is 0 Å². The van der Waals surface area contributed by atoms with Crippen molar-refractivity contribution >= 4 is 33.3 Å². The van der Waals surface area contributed by atoms with Gasteiger partial charge < -0.3 is 5.43 Å². The van der Waals surface area contributed by atoms with Gasteiger partial charge in [-0.2, -0.15) is 0 Å². The molecule has 1 rings (SSSR count). The van der Waals surface area contributed by atoms with Gasteiger partial charge in [-0.15, -0.1) is 0 Å². The highest BCUT2D eigenvalue weighted by molar-refractivity contribution is 9.10. The molecule has 0 atom stereocenters. The van der Waals surface area contributed by atoms with Crippen molar-refractivity contribution < 1.29 is 0 Å². The third-order valence-corrected chi connectivity index (χ3v) is 2.44. The van der Waals surface area contributed by atoms with Gasteiger partial charge in [0.1, 0.15) is 5.15 Å². The summed E-state index contributed by atoms with van der Waals surface area (Å²) in [4.78, 5) is 3.93. The maximum atomic E-state index is 5.67. The lowest BCUT2D eigenvalue weighted by atomic mass is 10.3. The number of aromatic nitrogens is 1. The standard InChI is InChI=1S/C6H7BrClN3/c1-3-2-4(8)10-6(11-9)5(3)7/h2H,9H2,1H3,(H,10,11). The van der Waals surface area contributed by atoms with Gasteiger partial charge in [0.2, 0.25) is 0 Å². The van der Waals surface area contributed by atoms with Gasteiger partial charge in [0.25, 0.3) is 0 Å². The number of nitrogens with zero attached hydrogens (tertiary/aromatic N) is 1. The van der Waals surface area contributed by atoms with Gasteiger partial charge in [-0.25, -0.2) is 10.8 Å². The smallest absolute Gasteiger partial charge is 0.156 e. The van der Waals surface area contributed by atoms with Crippen LogP contribution in [-0.4, -0.2) is 4.98 Å². The van der Waals surface area contributed by atoms with Crippen molar-refractivity contribution in [2.45, 2.75) is 6.92 Å². The third-order valence-electron chi connectivity index (χ3n) is 1.25. The van der Waals surface area contributed by atoms with Gasteiger partial charge in [-0.05, 0) is 34.5 Å². The van der Waals surface area contributed by atoms with E-state index in [4.69, 9.17) is 17.4 Å². The number of hydrogen-bond acceptors (Lipinski definition) is 3. The molecule has 5 heteroatoms. The lowest BCUT2D eigenvalue weighted by Crippen LogP contribution is -2.09. The van der Waals surface area contributed by atoms with Crippen molar-refractivity contribution in [3.63, 3.8) is 0 Å². The van der Waals surface area contributed by atoms with Gasteiger partial charge >= 0.3 is 0 Å². The Balaban J connectivity index is 3.24. The van der Waals surface area contributed by atoms with Crippen molar-refractivity contribution in [3.8, 4) is 0 Å². The molecule has 11 heavy (non-hydrogen) atoms. The van der Waals surface area contributed by atoms with Crippen molar-refractivity contribution in [1.29, 1.82) is 0 Å². The topological polar surface area (TPSA) is 50.9 Å². The zero-order chi connectivity index (χ0) is 8.43. The molecule has 3 N–H and O–H groups in total. The van der Waals surface area contributed by atoms with Crippen LogP contribution in [0.5, 0.6) is 0 Å². The van der Waals surface area contributed by atoms with Gasteiger partial charge in [-0.1, -0.05) is 11.6 Å². The zero-order valence-electron chi connectivity index (χ0n) is 5.86. The van der Waals surface area contributed by atoms with E-state index in [1.54, 1.807) is 6.07 Å². The average Bonchev–Trinajstić information content (AvgIpc) is 1.96. The summed E-state index contributed by atoms with van der Waals surface area (Å²) in [5, 5.41) is 0.429. The Hall–Kier alpha value is -0.320. The van der Waals surface area contributed by atoms with E-state index in [1.807, 2.05) is 6.92 Å². The first-order chi connectivity index (χ1) is 5.15. The Kier molecular flexibility index (Phi) is 2.70. The summed E-state index contributed by atoms with van der Waals surface area (Å²) in [6.45, 7) is 1.92. The summed E-state index contributed by atoms with van der Waals surface area (Å²) in [5.41, 5.74) is 3.43. The van der Waals surface area contributed by atoms with Crippen LogP contribution < -0.4 is 11.3 Å². The minimum Gasteiger partial charge on any atom is -0.307 e. The number of nitrogen functional groups attached to an aromatic ring is 1. The summed E-state index contributed by atoms with van der Waals surface area (Å²) >= 11 is 8.98. The van der Waals surface area contributed by atoms with Crippen LogP contribution in [0.25, 0.3) is 0 Å². The van der Waals surface area contributed by atoms with Crippen LogP contribution in [0, 0.1) is 6.92 Å². The number of hydrogen-bond donors (Lipinski definition) is 2. The lowest BCUT2D eigenvalue weighted by molar-refractivity contribution is 1.19. The zero-order valence-corrected chi connectivity index (χ0v) is 8.20. The summed E-state index contributed by atoms with van der Waals surface area (Å²) in [6.07, 6.45) is 0. The van der Waals surface area contributed by atoms with Crippen LogP contribution in [0.3, 0.4) is 0 Å². The molecule has 0 spiro atoms. The van der Waals surface area contributed by atoms with Crippen molar-refractivity contribution in [3.05, 3.63) is 21.3 Å². The van der Waals surface area contributed by atoms with Crippen molar-refractivity contribution in [2.24, 2.45) is 5.84 Å². The number of aryl methyl sites for hydroxylation is 1. The second-order valence-electron chi connectivity index (χ2n) is 2.07. The van der Waals surface area contributed by atoms with E-state index in [2.05, 4.69) is 26.3 Å². The van der Waals surface area contributed by atoms with Gasteiger partial charge in [0.05, 0.1) is 4.47 Å². The van der Waals surface area contributed by atoms with E-state index in [9.17, 15) is 0 Å². The van der Waals surface area contributed by atoms with Crippen LogP contribution >= 0.6 is 27.5 Å². The van der Waals surface area contributed by atoms with Crippen LogP contribution in [0.15, 0.2) is 10.5 Å². The fourth-order valence-corrected chi connectivity index (χ4v) is 1.28. The van der Waals surface area contributed by atoms with Crippen molar-refractivity contribution in [1.82, 2.24) is 4.98 Å². The highest BCUT2D eigenvalue weighted by Crippen LogP contribution is 2.25. The summed E-state index contributed by atoms with van der Waals surface area (Å²) < 4.78 is 0.837. The number of nitrogens with one attached hydrogen (secondary N) is 1. The molecule has 0 fully saturated rings. The van der Waals surface area contributed by atoms with E-state index in [0.29, 0.717) is 11.0 Å². The maximum absolute atomic E-state index is 5.67. The molecule has 3 nitrogen and oxygen atoms in total. The highest BCUT2D eigenvalue weighted by atomic mass is 79.9. The highest BCUT2D eigenvalue weighted by Gasteiger charge is 2.03. The molecule has 0 unspecified atom stereocenters. The fraction of sp³-hybridized carbons (Fsp3) is 0.167. The number of anilines is 1. The van der Waals surface area contributed by atoms with E-state index in [1.165, 1.54) is 0 Å². The largest absolute Gasteiger partial charge is 0.307 e. The molecule has 0 saturated carbocycles. The molecular formula is C6H7BrClN3. The van der Waals surface area contributed by atoms with Crippen LogP contribution in [0.2, 0.25) is 5.15 Å². The molecule has 0 saturated heterocycles. The quantitative estimate of drug-likeness (QED) is 0.446. The molecule has 0 aliphatic rings. The minimum atomic E-state index is 0.429. The van der Waals surface area contributed by atoms with Gasteiger partial charge in [-0.3, -0.25) is 0 Å². The molecule has 0 aliphatic carbocycles. The first kappa shape index (κ1) is 8.77. The number of nitrogens with two attached hydrogens (primary N) is 1. The van der Waals surface area contributed by atoms with Gasteiger partial charge in [0, 0.05) is 0 Å². The second kappa shape index (κ2) is 3.38. The molecular weight excluding hydrogens is 229 g/mol. The Morgan fingerprint density at radius 3 is 2.91 bits per heavy atom.